The van der Waals surface area contributed by atoms with Crippen LogP contribution >= 0.6 is 11.8 Å². The first kappa shape index (κ1) is 10.9. The molecule has 1 aliphatic rings. The molecule has 0 saturated heterocycles. The highest BCUT2D eigenvalue weighted by Crippen LogP contribution is 2.22. The number of rotatable bonds is 2. The molecule has 0 saturated carbocycles. The van der Waals surface area contributed by atoms with E-state index in [4.69, 9.17) is 4.74 Å². The summed E-state index contributed by atoms with van der Waals surface area (Å²) in [6.45, 7) is 0. The molecule has 0 fully saturated rings. The minimum atomic E-state index is 0.847. The highest BCUT2D eigenvalue weighted by atomic mass is 32.2. The molecule has 0 radical (unpaired) electrons. The van der Waals surface area contributed by atoms with Gasteiger partial charge >= 0.3 is 0 Å². The van der Waals surface area contributed by atoms with E-state index in [1.165, 1.54) is 0 Å². The first-order valence-corrected chi connectivity index (χ1v) is 5.71. The maximum Gasteiger partial charge on any atom is 0.179 e. The van der Waals surface area contributed by atoms with Gasteiger partial charge in [0.1, 0.15) is 5.75 Å². The van der Waals surface area contributed by atoms with Crippen molar-refractivity contribution in [3.05, 3.63) is 35.2 Å². The molecule has 2 N–H and O–H groups in total. The normalized spacial score (nSPS) is 17.4. The van der Waals surface area contributed by atoms with Gasteiger partial charge in [0, 0.05) is 18.0 Å². The Morgan fingerprint density at radius 2 is 2.19 bits per heavy atom. The van der Waals surface area contributed by atoms with E-state index >= 15 is 0 Å². The molecule has 1 aromatic carbocycles. The van der Waals surface area contributed by atoms with E-state index in [1.54, 1.807) is 25.9 Å². The maximum absolute atomic E-state index is 5.18. The van der Waals surface area contributed by atoms with Crippen LogP contribution in [0.2, 0.25) is 0 Å². The van der Waals surface area contributed by atoms with Gasteiger partial charge in [-0.05, 0) is 12.1 Å². The Balaban J connectivity index is 2.22. The second-order valence-electron chi connectivity index (χ2n) is 3.16. The van der Waals surface area contributed by atoms with Gasteiger partial charge in [0.05, 0.1) is 12.8 Å². The van der Waals surface area contributed by atoms with Crippen LogP contribution < -0.4 is 15.6 Å². The Morgan fingerprint density at radius 3 is 2.81 bits per heavy atom. The fourth-order valence-corrected chi connectivity index (χ4v) is 1.97. The number of methoxy groups -OCH3 is 1. The molecule has 1 aliphatic heterocycles. The SMILES string of the molecule is CN=C1NNC(c2cccc(OC)c2)=CS1. The second-order valence-corrected chi connectivity index (χ2v) is 4.02. The van der Waals surface area contributed by atoms with Crippen LogP contribution in [0.15, 0.2) is 34.7 Å². The Bertz CT molecular complexity index is 443. The summed E-state index contributed by atoms with van der Waals surface area (Å²) in [6.07, 6.45) is 0. The summed E-state index contributed by atoms with van der Waals surface area (Å²) in [5.41, 5.74) is 8.19. The third-order valence-electron chi connectivity index (χ3n) is 2.18. The number of hydrogen-bond acceptors (Lipinski definition) is 4. The molecular weight excluding hydrogens is 222 g/mol. The van der Waals surface area contributed by atoms with E-state index in [9.17, 15) is 0 Å². The zero-order valence-corrected chi connectivity index (χ0v) is 9.97. The van der Waals surface area contributed by atoms with E-state index in [-0.39, 0.29) is 0 Å². The lowest BCUT2D eigenvalue weighted by atomic mass is 10.2. The van der Waals surface area contributed by atoms with E-state index in [0.717, 1.165) is 22.2 Å². The summed E-state index contributed by atoms with van der Waals surface area (Å²) >= 11 is 1.55. The number of benzene rings is 1. The van der Waals surface area contributed by atoms with Crippen molar-refractivity contribution in [2.45, 2.75) is 0 Å². The third-order valence-corrected chi connectivity index (χ3v) is 3.04. The van der Waals surface area contributed by atoms with Crippen LogP contribution in [0.5, 0.6) is 5.75 Å². The van der Waals surface area contributed by atoms with Crippen LogP contribution in [-0.4, -0.2) is 19.3 Å². The Morgan fingerprint density at radius 1 is 1.31 bits per heavy atom. The van der Waals surface area contributed by atoms with Crippen LogP contribution in [0.4, 0.5) is 0 Å². The van der Waals surface area contributed by atoms with Crippen LogP contribution in [0.1, 0.15) is 5.56 Å². The number of hydrazine groups is 1. The Kier molecular flexibility index (Phi) is 3.36. The average Bonchev–Trinajstić information content (AvgIpc) is 2.39. The predicted octanol–water partition coefficient (Wildman–Crippen LogP) is 1.82. The van der Waals surface area contributed by atoms with Crippen LogP contribution in [0.3, 0.4) is 0 Å². The fraction of sp³-hybridized carbons (Fsp3) is 0.182. The summed E-state index contributed by atoms with van der Waals surface area (Å²) < 4.78 is 5.18. The quantitative estimate of drug-likeness (QED) is 0.821. The van der Waals surface area contributed by atoms with Gasteiger partial charge in [-0.15, -0.1) is 0 Å². The van der Waals surface area contributed by atoms with Crippen molar-refractivity contribution in [1.29, 1.82) is 0 Å². The maximum atomic E-state index is 5.18. The van der Waals surface area contributed by atoms with Gasteiger partial charge < -0.3 is 4.74 Å². The van der Waals surface area contributed by atoms with Crippen LogP contribution in [0.25, 0.3) is 5.70 Å². The van der Waals surface area contributed by atoms with Crippen molar-refractivity contribution in [1.82, 2.24) is 10.9 Å². The highest BCUT2D eigenvalue weighted by Gasteiger charge is 2.09. The first-order chi connectivity index (χ1) is 7.83. The van der Waals surface area contributed by atoms with Crippen LogP contribution in [-0.2, 0) is 0 Å². The van der Waals surface area contributed by atoms with Gasteiger partial charge in [0.2, 0.25) is 0 Å². The monoisotopic (exact) mass is 235 g/mol. The number of ether oxygens (including phenoxy) is 1. The zero-order valence-electron chi connectivity index (χ0n) is 9.15. The standard InChI is InChI=1S/C11H13N3OS/c1-12-11-14-13-10(7-16-11)8-4-3-5-9(6-8)15-2/h3-7,13H,1-2H3,(H,12,14). The molecule has 0 bridgehead atoms. The molecule has 4 nitrogen and oxygen atoms in total. The Hall–Kier alpha value is -1.62. The molecule has 0 aliphatic carbocycles. The molecule has 5 heteroatoms. The molecule has 1 aromatic rings. The smallest absolute Gasteiger partial charge is 0.179 e. The Labute approximate surface area is 98.8 Å². The van der Waals surface area contributed by atoms with E-state index in [1.807, 2.05) is 29.7 Å². The average molecular weight is 235 g/mol. The van der Waals surface area contributed by atoms with Gasteiger partial charge in [0.25, 0.3) is 0 Å². The molecule has 84 valence electrons. The third kappa shape index (κ3) is 2.30. The fourth-order valence-electron chi connectivity index (χ4n) is 1.33. The summed E-state index contributed by atoms with van der Waals surface area (Å²) in [4.78, 5) is 4.05. The first-order valence-electron chi connectivity index (χ1n) is 4.83. The second kappa shape index (κ2) is 4.94. The summed E-state index contributed by atoms with van der Waals surface area (Å²) in [7, 11) is 3.41. The number of nitrogens with one attached hydrogen (secondary N) is 2. The van der Waals surface area contributed by atoms with Crippen LogP contribution in [0, 0.1) is 0 Å². The van der Waals surface area contributed by atoms with Gasteiger partial charge in [-0.2, -0.15) is 0 Å². The molecule has 0 amide bonds. The van der Waals surface area contributed by atoms with Gasteiger partial charge in [-0.1, -0.05) is 23.9 Å². The van der Waals surface area contributed by atoms with Crippen molar-refractivity contribution < 1.29 is 4.74 Å². The van der Waals surface area contributed by atoms with Crippen molar-refractivity contribution >= 4 is 22.6 Å². The van der Waals surface area contributed by atoms with Gasteiger partial charge in [-0.25, -0.2) is 0 Å². The number of aliphatic imine (C=N–C) groups is 1. The van der Waals surface area contributed by atoms with Crippen molar-refractivity contribution in [3.63, 3.8) is 0 Å². The lowest BCUT2D eigenvalue weighted by Crippen LogP contribution is -2.36. The van der Waals surface area contributed by atoms with E-state index in [0.29, 0.717) is 0 Å². The molecule has 1 heterocycles. The summed E-state index contributed by atoms with van der Waals surface area (Å²) in [5.74, 6) is 0.847. The van der Waals surface area contributed by atoms with E-state index in [2.05, 4.69) is 15.8 Å². The molecule has 0 aromatic heterocycles. The number of nitrogens with zero attached hydrogens (tertiary/aromatic N) is 1. The lowest BCUT2D eigenvalue weighted by Gasteiger charge is -2.18. The minimum absolute atomic E-state index is 0.847. The molecule has 2 rings (SSSR count). The summed E-state index contributed by atoms with van der Waals surface area (Å²) in [5, 5.41) is 2.87. The molecule has 0 unspecified atom stereocenters. The van der Waals surface area contributed by atoms with Crippen molar-refractivity contribution in [3.8, 4) is 5.75 Å². The van der Waals surface area contributed by atoms with Crippen molar-refractivity contribution in [2.24, 2.45) is 4.99 Å². The molecule has 0 atom stereocenters. The largest absolute Gasteiger partial charge is 0.497 e. The summed E-state index contributed by atoms with van der Waals surface area (Å²) in [6, 6.07) is 7.89. The topological polar surface area (TPSA) is 45.7 Å². The molecular formula is C11H13N3OS. The number of hydrogen-bond donors (Lipinski definition) is 2. The van der Waals surface area contributed by atoms with E-state index < -0.39 is 0 Å². The molecule has 16 heavy (non-hydrogen) atoms. The van der Waals surface area contributed by atoms with Crippen molar-refractivity contribution in [2.75, 3.05) is 14.2 Å². The minimum Gasteiger partial charge on any atom is -0.497 e. The highest BCUT2D eigenvalue weighted by molar-refractivity contribution is 8.16. The number of thioether (sulfide) groups is 1. The molecule has 0 spiro atoms. The van der Waals surface area contributed by atoms with Gasteiger partial charge in [-0.3, -0.25) is 15.8 Å². The zero-order chi connectivity index (χ0) is 11.4. The number of amidine groups is 1. The lowest BCUT2D eigenvalue weighted by molar-refractivity contribution is 0.414. The predicted molar refractivity (Wildman–Crippen MR) is 68.2 cm³/mol. The van der Waals surface area contributed by atoms with Gasteiger partial charge in [0.15, 0.2) is 5.17 Å².